The molecule has 0 saturated carbocycles. The van der Waals surface area contributed by atoms with Gasteiger partial charge in [-0.25, -0.2) is 0 Å². The summed E-state index contributed by atoms with van der Waals surface area (Å²) in [5.41, 5.74) is 0. The highest BCUT2D eigenvalue weighted by molar-refractivity contribution is 7.75. The van der Waals surface area contributed by atoms with E-state index in [2.05, 4.69) is 27.7 Å². The van der Waals surface area contributed by atoms with E-state index in [4.69, 9.17) is 0 Å². The summed E-state index contributed by atoms with van der Waals surface area (Å²) in [6.07, 6.45) is 23.9. The molecule has 0 aromatic heterocycles. The zero-order chi connectivity index (χ0) is 15.8. The van der Waals surface area contributed by atoms with Gasteiger partial charge in [0.15, 0.2) is 0 Å². The first-order valence-electron chi connectivity index (χ1n) is 10.1. The van der Waals surface area contributed by atoms with Gasteiger partial charge < -0.3 is 17.0 Å². The van der Waals surface area contributed by atoms with Crippen LogP contribution >= 0.6 is 7.26 Å². The highest BCUT2D eigenvalue weighted by atomic mass is 79.9. The van der Waals surface area contributed by atoms with Crippen molar-refractivity contribution in [1.29, 1.82) is 0 Å². The Kier molecular flexibility index (Phi) is 20.9. The maximum atomic E-state index is 2.51. The molecule has 0 saturated heterocycles. The summed E-state index contributed by atoms with van der Waals surface area (Å²) in [5, 5.41) is 0. The van der Waals surface area contributed by atoms with Gasteiger partial charge in [0.1, 0.15) is 0 Å². The quantitative estimate of drug-likeness (QED) is 0.261. The Hall–Kier alpha value is 0.910. The van der Waals surface area contributed by atoms with E-state index in [1.807, 2.05) is 0 Å². The molecule has 2 heteroatoms. The van der Waals surface area contributed by atoms with Gasteiger partial charge in [-0.1, -0.05) is 59.3 Å². The largest absolute Gasteiger partial charge is 1.00 e. The van der Waals surface area contributed by atoms with Crippen LogP contribution in [0.4, 0.5) is 0 Å². The summed E-state index contributed by atoms with van der Waals surface area (Å²) in [6.45, 7) is 9.50. The van der Waals surface area contributed by atoms with E-state index in [0.717, 1.165) is 0 Å². The average molecular weight is 395 g/mol. The molecule has 0 aliphatic rings. The van der Waals surface area contributed by atoms with Gasteiger partial charge in [-0.3, -0.25) is 0 Å². The van der Waals surface area contributed by atoms with Crippen molar-refractivity contribution in [3.8, 4) is 0 Å². The highest BCUT2D eigenvalue weighted by Crippen LogP contribution is 2.60. The Labute approximate surface area is 153 Å². The molecule has 0 nitrogen and oxygen atoms in total. The van der Waals surface area contributed by atoms with Crippen molar-refractivity contribution < 1.29 is 17.0 Å². The van der Waals surface area contributed by atoms with Crippen molar-refractivity contribution in [2.45, 2.75) is 105 Å². The molecule has 0 N–H and O–H groups in total. The first-order chi connectivity index (χ1) is 10.2. The Balaban J connectivity index is 0. The molecule has 136 valence electrons. The minimum atomic E-state index is -0.598. The molecule has 0 radical (unpaired) electrons. The van der Waals surface area contributed by atoms with Crippen molar-refractivity contribution in [3.63, 3.8) is 0 Å². The minimum absolute atomic E-state index is 0. The molecule has 0 aromatic rings. The fraction of sp³-hybridized carbons (Fsp3) is 1.00. The van der Waals surface area contributed by atoms with Gasteiger partial charge in [0.05, 0.1) is 24.6 Å². The van der Waals surface area contributed by atoms with Crippen LogP contribution < -0.4 is 17.0 Å². The Bertz CT molecular complexity index is 175. The van der Waals surface area contributed by atoms with Crippen LogP contribution in [0, 0.1) is 0 Å². The highest BCUT2D eigenvalue weighted by Gasteiger charge is 2.33. The summed E-state index contributed by atoms with van der Waals surface area (Å²) in [6, 6.07) is 0. The first-order valence-corrected chi connectivity index (χ1v) is 12.6. The molecule has 0 aromatic carbocycles. The van der Waals surface area contributed by atoms with Crippen molar-refractivity contribution in [1.82, 2.24) is 0 Å². The van der Waals surface area contributed by atoms with Gasteiger partial charge in [0.25, 0.3) is 0 Å². The van der Waals surface area contributed by atoms with Crippen LogP contribution in [0.25, 0.3) is 0 Å². The van der Waals surface area contributed by atoms with Crippen LogP contribution in [0.5, 0.6) is 0 Å². The van der Waals surface area contributed by atoms with E-state index in [9.17, 15) is 0 Å². The monoisotopic (exact) mass is 394 g/mol. The molecule has 0 amide bonds. The third kappa shape index (κ3) is 13.4. The molecule has 0 heterocycles. The second-order valence-electron chi connectivity index (χ2n) is 7.01. The molecule has 0 bridgehead atoms. The van der Waals surface area contributed by atoms with Gasteiger partial charge in [0, 0.05) is 7.26 Å². The maximum absolute atomic E-state index is 2.51. The Morgan fingerprint density at radius 3 is 1.00 bits per heavy atom. The zero-order valence-electron chi connectivity index (χ0n) is 16.1. The molecule has 22 heavy (non-hydrogen) atoms. The van der Waals surface area contributed by atoms with E-state index < -0.39 is 7.26 Å². The number of halogens is 1. The van der Waals surface area contributed by atoms with Gasteiger partial charge in [-0.05, 0) is 45.4 Å². The van der Waals surface area contributed by atoms with E-state index in [1.54, 1.807) is 18.5 Å². The van der Waals surface area contributed by atoms with E-state index in [1.165, 1.54) is 83.2 Å². The van der Waals surface area contributed by atoms with Crippen molar-refractivity contribution in [2.75, 3.05) is 24.6 Å². The van der Waals surface area contributed by atoms with Gasteiger partial charge in [-0.2, -0.15) is 0 Å². The lowest BCUT2D eigenvalue weighted by Crippen LogP contribution is -3.00. The Morgan fingerprint density at radius 1 is 0.455 bits per heavy atom. The van der Waals surface area contributed by atoms with E-state index in [-0.39, 0.29) is 17.0 Å². The fourth-order valence-electron chi connectivity index (χ4n) is 3.43. The van der Waals surface area contributed by atoms with Crippen LogP contribution in [-0.4, -0.2) is 24.6 Å². The minimum Gasteiger partial charge on any atom is -1.00 e. The number of rotatable bonds is 16. The van der Waals surface area contributed by atoms with Crippen LogP contribution in [0.15, 0.2) is 0 Å². The van der Waals surface area contributed by atoms with Crippen LogP contribution in [0.1, 0.15) is 105 Å². The Morgan fingerprint density at radius 2 is 0.773 bits per heavy atom. The molecule has 0 aliphatic heterocycles. The molecule has 0 aliphatic carbocycles. The smallest absolute Gasteiger partial charge is 0.0594 e. The van der Waals surface area contributed by atoms with Gasteiger partial charge >= 0.3 is 0 Å². The number of hydrogen-bond donors (Lipinski definition) is 0. The fourth-order valence-corrected chi connectivity index (χ4v) is 7.73. The van der Waals surface area contributed by atoms with Crippen LogP contribution in [0.3, 0.4) is 0 Å². The van der Waals surface area contributed by atoms with E-state index >= 15 is 0 Å². The van der Waals surface area contributed by atoms with Crippen molar-refractivity contribution >= 4 is 7.26 Å². The molecular formula is C20H44BrP. The lowest BCUT2D eigenvalue weighted by Gasteiger charge is -2.27. The standard InChI is InChI=1S/C20H44P.BrH/c1-5-9-12-15-18-21(8-4,19-16-13-10-6-2)20-17-14-11-7-3;/h5-20H2,1-4H3;1H/q+1;/p-1. The number of hydrogen-bond acceptors (Lipinski definition) is 0. The van der Waals surface area contributed by atoms with Crippen molar-refractivity contribution in [2.24, 2.45) is 0 Å². The third-order valence-corrected chi connectivity index (χ3v) is 10.3. The lowest BCUT2D eigenvalue weighted by atomic mass is 10.2. The molecule has 0 fully saturated rings. The van der Waals surface area contributed by atoms with Gasteiger partial charge in [-0.15, -0.1) is 0 Å². The summed E-state index contributed by atoms with van der Waals surface area (Å²) in [7, 11) is -0.598. The number of unbranched alkanes of at least 4 members (excludes halogenated alkanes) is 9. The third-order valence-electron chi connectivity index (χ3n) is 5.13. The van der Waals surface area contributed by atoms with E-state index in [0.29, 0.717) is 0 Å². The first kappa shape index (κ1) is 25.2. The maximum Gasteiger partial charge on any atom is 0.0594 e. The molecule has 0 atom stereocenters. The molecule has 0 rings (SSSR count). The molecular weight excluding hydrogens is 351 g/mol. The zero-order valence-corrected chi connectivity index (χ0v) is 18.6. The van der Waals surface area contributed by atoms with Gasteiger partial charge in [0.2, 0.25) is 0 Å². The second-order valence-corrected chi connectivity index (χ2v) is 11.7. The van der Waals surface area contributed by atoms with Crippen LogP contribution in [-0.2, 0) is 0 Å². The molecule has 0 spiro atoms. The predicted molar refractivity (Wildman–Crippen MR) is 104 cm³/mol. The summed E-state index contributed by atoms with van der Waals surface area (Å²) in [4.78, 5) is 0. The summed E-state index contributed by atoms with van der Waals surface area (Å²) in [5.74, 6) is 0. The summed E-state index contributed by atoms with van der Waals surface area (Å²) >= 11 is 0. The SMILES string of the molecule is CCCCCC[P+](CC)(CCCCCC)CCCCCC.[Br-]. The topological polar surface area (TPSA) is 0 Å². The second kappa shape index (κ2) is 18.3. The normalized spacial score (nSPS) is 11.5. The average Bonchev–Trinajstić information content (AvgIpc) is 2.51. The van der Waals surface area contributed by atoms with Crippen LogP contribution in [0.2, 0.25) is 0 Å². The lowest BCUT2D eigenvalue weighted by molar-refractivity contribution is -0.00000490. The molecule has 0 unspecified atom stereocenters. The predicted octanol–water partition coefficient (Wildman–Crippen LogP) is 4.77. The van der Waals surface area contributed by atoms with Crippen molar-refractivity contribution in [3.05, 3.63) is 0 Å². The summed E-state index contributed by atoms with van der Waals surface area (Å²) < 4.78 is 0.